The molecule has 2 atom stereocenters. The Morgan fingerprint density at radius 3 is 3.00 bits per heavy atom. The predicted molar refractivity (Wildman–Crippen MR) is 82.2 cm³/mol. The first-order valence-electron chi connectivity index (χ1n) is 8.04. The van der Waals surface area contributed by atoms with Gasteiger partial charge in [0.25, 0.3) is 5.91 Å². The average Bonchev–Trinajstić information content (AvgIpc) is 3.20. The fourth-order valence-electron chi connectivity index (χ4n) is 3.38. The topological polar surface area (TPSA) is 68.5 Å². The summed E-state index contributed by atoms with van der Waals surface area (Å²) in [6, 6.07) is 7.84. The van der Waals surface area contributed by atoms with Crippen molar-refractivity contribution >= 4 is 5.91 Å². The second-order valence-electron chi connectivity index (χ2n) is 6.22. The zero-order chi connectivity index (χ0) is 15.8. The van der Waals surface area contributed by atoms with E-state index in [0.717, 1.165) is 30.7 Å². The average molecular weight is 313 g/mol. The molecule has 6 nitrogen and oxygen atoms in total. The third-order valence-corrected chi connectivity index (χ3v) is 4.55. The van der Waals surface area contributed by atoms with Crippen LogP contribution in [0.1, 0.15) is 36.0 Å². The van der Waals surface area contributed by atoms with Crippen molar-refractivity contribution in [3.8, 4) is 5.75 Å². The minimum atomic E-state index is -0.407. The van der Waals surface area contributed by atoms with Gasteiger partial charge in [0.1, 0.15) is 5.75 Å². The number of aromatic nitrogens is 2. The van der Waals surface area contributed by atoms with Crippen LogP contribution in [0, 0.1) is 6.92 Å². The summed E-state index contributed by atoms with van der Waals surface area (Å²) in [6.07, 6.45) is 2.15. The van der Waals surface area contributed by atoms with Gasteiger partial charge in [-0.1, -0.05) is 23.4 Å². The molecule has 3 heterocycles. The van der Waals surface area contributed by atoms with Crippen LogP contribution in [0.3, 0.4) is 0 Å². The van der Waals surface area contributed by atoms with Crippen LogP contribution in [0.15, 0.2) is 28.8 Å². The SMILES string of the molecule is Cc1noc([C@@H]2CCCN(C(=O)[C@H]3Cc4ccccc4O3)C2)n1. The van der Waals surface area contributed by atoms with Gasteiger partial charge < -0.3 is 14.2 Å². The maximum atomic E-state index is 12.8. The number of benzene rings is 1. The third-order valence-electron chi connectivity index (χ3n) is 4.55. The van der Waals surface area contributed by atoms with Crippen molar-refractivity contribution in [3.05, 3.63) is 41.5 Å². The maximum Gasteiger partial charge on any atom is 0.264 e. The molecule has 2 aliphatic heterocycles. The fraction of sp³-hybridized carbons (Fsp3) is 0.471. The molecule has 0 radical (unpaired) electrons. The molecular weight excluding hydrogens is 294 g/mol. The molecule has 0 N–H and O–H groups in total. The second kappa shape index (κ2) is 5.68. The lowest BCUT2D eigenvalue weighted by Gasteiger charge is -2.32. The molecule has 0 aliphatic carbocycles. The Hall–Kier alpha value is -2.37. The number of piperidine rings is 1. The first kappa shape index (κ1) is 14.2. The zero-order valence-electron chi connectivity index (χ0n) is 13.1. The van der Waals surface area contributed by atoms with E-state index < -0.39 is 6.10 Å². The molecule has 1 amide bonds. The fourth-order valence-corrected chi connectivity index (χ4v) is 3.38. The van der Waals surface area contributed by atoms with Crippen LogP contribution in [0.4, 0.5) is 0 Å². The summed E-state index contributed by atoms with van der Waals surface area (Å²) in [5.41, 5.74) is 1.10. The lowest BCUT2D eigenvalue weighted by atomic mass is 9.97. The molecule has 0 bridgehead atoms. The van der Waals surface area contributed by atoms with E-state index >= 15 is 0 Å². The molecule has 2 aromatic rings. The summed E-state index contributed by atoms with van der Waals surface area (Å²) in [4.78, 5) is 19.0. The zero-order valence-corrected chi connectivity index (χ0v) is 13.1. The van der Waals surface area contributed by atoms with Crippen molar-refractivity contribution in [2.24, 2.45) is 0 Å². The number of para-hydroxylation sites is 1. The third kappa shape index (κ3) is 2.69. The Morgan fingerprint density at radius 2 is 2.22 bits per heavy atom. The molecule has 6 heteroatoms. The van der Waals surface area contributed by atoms with E-state index in [1.807, 2.05) is 36.1 Å². The number of carbonyl (C=O) groups is 1. The highest BCUT2D eigenvalue weighted by Gasteiger charge is 2.35. The quantitative estimate of drug-likeness (QED) is 0.849. The highest BCUT2D eigenvalue weighted by Crippen LogP contribution is 2.31. The largest absolute Gasteiger partial charge is 0.480 e. The van der Waals surface area contributed by atoms with Gasteiger partial charge in [0.05, 0.1) is 5.92 Å². The van der Waals surface area contributed by atoms with Crippen LogP contribution < -0.4 is 4.74 Å². The molecule has 2 aliphatic rings. The first-order chi connectivity index (χ1) is 11.2. The van der Waals surface area contributed by atoms with E-state index in [9.17, 15) is 4.79 Å². The number of rotatable bonds is 2. The van der Waals surface area contributed by atoms with E-state index in [-0.39, 0.29) is 11.8 Å². The van der Waals surface area contributed by atoms with Gasteiger partial charge in [-0.15, -0.1) is 0 Å². The molecule has 0 unspecified atom stereocenters. The van der Waals surface area contributed by atoms with Crippen molar-refractivity contribution in [1.82, 2.24) is 15.0 Å². The number of aryl methyl sites for hydroxylation is 1. The lowest BCUT2D eigenvalue weighted by molar-refractivity contribution is -0.139. The van der Waals surface area contributed by atoms with Crippen molar-refractivity contribution in [3.63, 3.8) is 0 Å². The van der Waals surface area contributed by atoms with E-state index in [0.29, 0.717) is 24.7 Å². The number of fused-ring (bicyclic) bond motifs is 1. The van der Waals surface area contributed by atoms with Gasteiger partial charge in [-0.3, -0.25) is 4.79 Å². The van der Waals surface area contributed by atoms with Crippen molar-refractivity contribution in [2.45, 2.75) is 38.2 Å². The van der Waals surface area contributed by atoms with Gasteiger partial charge in [-0.25, -0.2) is 0 Å². The van der Waals surface area contributed by atoms with Gasteiger partial charge in [-0.05, 0) is 31.4 Å². The van der Waals surface area contributed by atoms with Crippen molar-refractivity contribution in [1.29, 1.82) is 0 Å². The van der Waals surface area contributed by atoms with E-state index in [1.165, 1.54) is 0 Å². The number of hydrogen-bond donors (Lipinski definition) is 0. The van der Waals surface area contributed by atoms with Crippen LogP contribution >= 0.6 is 0 Å². The van der Waals surface area contributed by atoms with E-state index in [2.05, 4.69) is 10.1 Å². The summed E-state index contributed by atoms with van der Waals surface area (Å²) in [6.45, 7) is 3.19. The summed E-state index contributed by atoms with van der Waals surface area (Å²) in [5.74, 6) is 2.28. The van der Waals surface area contributed by atoms with E-state index in [1.54, 1.807) is 0 Å². The number of hydrogen-bond acceptors (Lipinski definition) is 5. The van der Waals surface area contributed by atoms with Crippen LogP contribution in [-0.2, 0) is 11.2 Å². The molecule has 1 aromatic carbocycles. The Balaban J connectivity index is 1.45. The number of ether oxygens (including phenoxy) is 1. The van der Waals surface area contributed by atoms with Gasteiger partial charge in [0, 0.05) is 19.5 Å². The smallest absolute Gasteiger partial charge is 0.264 e. The Labute approximate surface area is 134 Å². The Bertz CT molecular complexity index is 702. The highest BCUT2D eigenvalue weighted by atomic mass is 16.5. The molecule has 0 saturated carbocycles. The van der Waals surface area contributed by atoms with Gasteiger partial charge in [0.2, 0.25) is 5.89 Å². The van der Waals surface area contributed by atoms with Crippen molar-refractivity contribution in [2.75, 3.05) is 13.1 Å². The van der Waals surface area contributed by atoms with Crippen LogP contribution in [0.2, 0.25) is 0 Å². The van der Waals surface area contributed by atoms with Gasteiger partial charge in [0.15, 0.2) is 11.9 Å². The Kier molecular flexibility index (Phi) is 3.52. The lowest BCUT2D eigenvalue weighted by Crippen LogP contribution is -2.46. The number of amides is 1. The van der Waals surface area contributed by atoms with Crippen LogP contribution in [0.25, 0.3) is 0 Å². The number of likely N-dealkylation sites (tertiary alicyclic amines) is 1. The predicted octanol–water partition coefficient (Wildman–Crippen LogP) is 2.09. The highest BCUT2D eigenvalue weighted by molar-refractivity contribution is 5.82. The van der Waals surface area contributed by atoms with Crippen LogP contribution in [-0.4, -0.2) is 40.1 Å². The van der Waals surface area contributed by atoms with Crippen LogP contribution in [0.5, 0.6) is 5.75 Å². The van der Waals surface area contributed by atoms with E-state index in [4.69, 9.17) is 9.26 Å². The molecule has 23 heavy (non-hydrogen) atoms. The monoisotopic (exact) mass is 313 g/mol. The van der Waals surface area contributed by atoms with Crippen molar-refractivity contribution < 1.29 is 14.1 Å². The molecule has 120 valence electrons. The normalized spacial score (nSPS) is 23.4. The summed E-state index contributed by atoms with van der Waals surface area (Å²) >= 11 is 0. The summed E-state index contributed by atoms with van der Waals surface area (Å²) < 4.78 is 11.1. The molecule has 1 fully saturated rings. The summed E-state index contributed by atoms with van der Waals surface area (Å²) in [7, 11) is 0. The Morgan fingerprint density at radius 1 is 1.35 bits per heavy atom. The molecule has 4 rings (SSSR count). The number of carbonyl (C=O) groups excluding carboxylic acids is 1. The second-order valence-corrected chi connectivity index (χ2v) is 6.22. The molecule has 1 aromatic heterocycles. The maximum absolute atomic E-state index is 12.8. The first-order valence-corrected chi connectivity index (χ1v) is 8.04. The minimum absolute atomic E-state index is 0.0575. The number of nitrogens with zero attached hydrogens (tertiary/aromatic N) is 3. The summed E-state index contributed by atoms with van der Waals surface area (Å²) in [5, 5.41) is 3.85. The molecule has 1 saturated heterocycles. The molecule has 0 spiro atoms. The standard InChI is InChI=1S/C17H19N3O3/c1-11-18-16(23-19-11)13-6-4-8-20(10-13)17(21)15-9-12-5-2-3-7-14(12)22-15/h2-3,5,7,13,15H,4,6,8-10H2,1H3/t13-,15-/m1/s1. The molecular formula is C17H19N3O3. The van der Waals surface area contributed by atoms with Gasteiger partial charge >= 0.3 is 0 Å². The minimum Gasteiger partial charge on any atom is -0.480 e. The van der Waals surface area contributed by atoms with Gasteiger partial charge in [-0.2, -0.15) is 4.98 Å².